The van der Waals surface area contributed by atoms with E-state index in [4.69, 9.17) is 0 Å². The van der Waals surface area contributed by atoms with Gasteiger partial charge in [-0.05, 0) is 64.2 Å². The summed E-state index contributed by atoms with van der Waals surface area (Å²) in [6, 6.07) is 6.09. The fourth-order valence-electron chi connectivity index (χ4n) is 4.35. The molecule has 31 heavy (non-hydrogen) atoms. The number of aromatic nitrogens is 4. The molecule has 2 unspecified atom stereocenters. The largest absolute Gasteiger partial charge is 0.337 e. The first kappa shape index (κ1) is 20.1. The number of anilines is 1. The summed E-state index contributed by atoms with van der Waals surface area (Å²) in [6.45, 7) is 9.21. The molecule has 5 rings (SSSR count). The van der Waals surface area contributed by atoms with E-state index in [0.717, 1.165) is 16.6 Å². The van der Waals surface area contributed by atoms with Gasteiger partial charge in [0.05, 0.1) is 27.4 Å². The van der Waals surface area contributed by atoms with Gasteiger partial charge in [0.2, 0.25) is 5.91 Å². The van der Waals surface area contributed by atoms with E-state index in [1.54, 1.807) is 15.8 Å². The van der Waals surface area contributed by atoms with E-state index >= 15 is 0 Å². The number of hydrogen-bond acceptors (Lipinski definition) is 6. The maximum absolute atomic E-state index is 13.1. The molecule has 1 saturated heterocycles. The van der Waals surface area contributed by atoms with Crippen LogP contribution in [0.3, 0.4) is 0 Å². The van der Waals surface area contributed by atoms with Crippen molar-refractivity contribution in [3.05, 3.63) is 35.7 Å². The van der Waals surface area contributed by atoms with Gasteiger partial charge in [-0.2, -0.15) is 0 Å². The van der Waals surface area contributed by atoms with Gasteiger partial charge in [0.1, 0.15) is 0 Å². The maximum Gasteiger partial charge on any atom is 0.276 e. The van der Waals surface area contributed by atoms with Crippen LogP contribution < -0.4 is 5.32 Å². The van der Waals surface area contributed by atoms with Crippen molar-refractivity contribution in [2.24, 2.45) is 11.3 Å². The quantitative estimate of drug-likeness (QED) is 0.676. The molecule has 1 aliphatic heterocycles. The first-order valence-corrected chi connectivity index (χ1v) is 11.4. The summed E-state index contributed by atoms with van der Waals surface area (Å²) in [5, 5.41) is 11.8. The van der Waals surface area contributed by atoms with Gasteiger partial charge in [-0.15, -0.1) is 5.10 Å². The molecule has 2 amide bonds. The average Bonchev–Trinajstić information content (AvgIpc) is 3.04. The Morgan fingerprint density at radius 2 is 2.10 bits per heavy atom. The third-order valence-corrected chi connectivity index (χ3v) is 7.34. The van der Waals surface area contributed by atoms with E-state index < -0.39 is 0 Å². The van der Waals surface area contributed by atoms with Crippen molar-refractivity contribution in [2.45, 2.75) is 46.1 Å². The van der Waals surface area contributed by atoms with Gasteiger partial charge in [0.25, 0.3) is 5.91 Å². The minimum atomic E-state index is -0.381. The molecule has 9 heteroatoms. The molecule has 162 valence electrons. The Hall–Kier alpha value is -2.81. The van der Waals surface area contributed by atoms with Gasteiger partial charge in [-0.1, -0.05) is 22.6 Å². The average molecular weight is 439 g/mol. The fourth-order valence-corrected chi connectivity index (χ4v) is 5.31. The molecule has 3 heterocycles. The van der Waals surface area contributed by atoms with Crippen LogP contribution in [-0.2, 0) is 10.3 Å². The molecule has 1 saturated carbocycles. The molecule has 8 nitrogen and oxygen atoms in total. The number of likely N-dealkylation sites (tertiary alicyclic amines) is 1. The molecule has 0 bridgehead atoms. The number of hydrogen-bond donors (Lipinski definition) is 1. The zero-order valence-corrected chi connectivity index (χ0v) is 19.0. The molecule has 0 spiro atoms. The van der Waals surface area contributed by atoms with E-state index in [1.807, 2.05) is 39.8 Å². The highest BCUT2D eigenvalue weighted by molar-refractivity contribution is 7.22. The number of nitrogens with one attached hydrogen (secondary N) is 1. The molecule has 1 aliphatic carbocycles. The second-order valence-corrected chi connectivity index (χ2v) is 10.8. The van der Waals surface area contributed by atoms with Gasteiger partial charge in [0, 0.05) is 13.1 Å². The van der Waals surface area contributed by atoms with Crippen molar-refractivity contribution >= 4 is 38.5 Å². The highest BCUT2D eigenvalue weighted by atomic mass is 32.1. The molecule has 0 radical (unpaired) electrons. The number of nitrogens with zero attached hydrogens (tertiary/aromatic N) is 5. The summed E-state index contributed by atoms with van der Waals surface area (Å²) < 4.78 is 2.78. The number of fused-ring (bicyclic) bond motifs is 2. The van der Waals surface area contributed by atoms with Crippen molar-refractivity contribution < 1.29 is 9.59 Å². The summed E-state index contributed by atoms with van der Waals surface area (Å²) in [5.74, 6) is 0.0940. The predicted octanol–water partition coefficient (Wildman–Crippen LogP) is 3.44. The first-order valence-electron chi connectivity index (χ1n) is 10.6. The Labute approximate surface area is 184 Å². The second-order valence-electron chi connectivity index (χ2n) is 9.72. The normalized spacial score (nSPS) is 23.0. The third kappa shape index (κ3) is 3.50. The number of piperidine rings is 1. The van der Waals surface area contributed by atoms with Crippen molar-refractivity contribution in [3.63, 3.8) is 0 Å². The van der Waals surface area contributed by atoms with Crippen LogP contribution in [0.2, 0.25) is 0 Å². The van der Waals surface area contributed by atoms with Crippen molar-refractivity contribution in [1.82, 2.24) is 24.9 Å². The van der Waals surface area contributed by atoms with Crippen LogP contribution in [0.1, 0.15) is 49.7 Å². The number of amides is 2. The molecule has 2 aliphatic rings. The Kier molecular flexibility index (Phi) is 4.44. The number of benzene rings is 1. The number of thiazole rings is 1. The number of carbonyl (C=O) groups is 2. The number of carbonyl (C=O) groups excluding carboxylic acids is 2. The van der Waals surface area contributed by atoms with E-state index in [1.165, 1.54) is 16.9 Å². The minimum absolute atomic E-state index is 0.0269. The smallest absolute Gasteiger partial charge is 0.276 e. The lowest BCUT2D eigenvalue weighted by atomic mass is 9.94. The van der Waals surface area contributed by atoms with Crippen LogP contribution in [0.25, 0.3) is 10.2 Å². The van der Waals surface area contributed by atoms with Crippen molar-refractivity contribution in [3.8, 4) is 0 Å². The lowest BCUT2D eigenvalue weighted by Crippen LogP contribution is -2.42. The van der Waals surface area contributed by atoms with Gasteiger partial charge in [-0.3, -0.25) is 9.59 Å². The van der Waals surface area contributed by atoms with E-state index in [-0.39, 0.29) is 28.7 Å². The third-order valence-electron chi connectivity index (χ3n) is 6.40. The summed E-state index contributed by atoms with van der Waals surface area (Å²) in [5.41, 5.74) is 1.83. The number of rotatable bonds is 3. The second kappa shape index (κ2) is 6.85. The standard InChI is InChI=1S/C22H26N6O2S/c1-13-5-6-15-17(9-13)31-20(23-15)24-19(30)22-7-8-27(11-14(22)10-22)18(29)16-12-28(26-25-16)21(2,3)4/h5-6,9,12,14H,7-8,10-11H2,1-4H3,(H,23,24,30). The van der Waals surface area contributed by atoms with Crippen LogP contribution in [0.5, 0.6) is 0 Å². The first-order chi connectivity index (χ1) is 14.7. The summed E-state index contributed by atoms with van der Waals surface area (Å²) in [7, 11) is 0. The van der Waals surface area contributed by atoms with Crippen molar-refractivity contribution in [1.29, 1.82) is 0 Å². The topological polar surface area (TPSA) is 93.0 Å². The van der Waals surface area contributed by atoms with E-state index in [9.17, 15) is 9.59 Å². The molecule has 1 N–H and O–H groups in total. The maximum atomic E-state index is 13.1. The Balaban J connectivity index is 1.24. The van der Waals surface area contributed by atoms with Gasteiger partial charge in [0.15, 0.2) is 10.8 Å². The molecular weight excluding hydrogens is 412 g/mol. The Morgan fingerprint density at radius 3 is 2.81 bits per heavy atom. The van der Waals surface area contributed by atoms with E-state index in [2.05, 4.69) is 26.7 Å². The van der Waals surface area contributed by atoms with Crippen LogP contribution >= 0.6 is 11.3 Å². The van der Waals surface area contributed by atoms with Gasteiger partial charge >= 0.3 is 0 Å². The lowest BCUT2D eigenvalue weighted by Gasteiger charge is -2.30. The number of aryl methyl sites for hydroxylation is 1. The lowest BCUT2D eigenvalue weighted by molar-refractivity contribution is -0.122. The van der Waals surface area contributed by atoms with Gasteiger partial charge < -0.3 is 10.2 Å². The SMILES string of the molecule is Cc1ccc2nc(NC(=O)C34CCN(C(=O)c5cn(C(C)(C)C)nn5)CC3C4)sc2c1. The molecule has 2 atom stereocenters. The minimum Gasteiger partial charge on any atom is -0.337 e. The highest BCUT2D eigenvalue weighted by Crippen LogP contribution is 2.58. The monoisotopic (exact) mass is 438 g/mol. The Morgan fingerprint density at radius 1 is 1.29 bits per heavy atom. The molecule has 1 aromatic carbocycles. The van der Waals surface area contributed by atoms with Crippen LogP contribution in [-0.4, -0.2) is 49.8 Å². The fraction of sp³-hybridized carbons (Fsp3) is 0.500. The summed E-state index contributed by atoms with van der Waals surface area (Å²) in [6.07, 6.45) is 3.17. The van der Waals surface area contributed by atoms with Crippen LogP contribution in [0.15, 0.2) is 24.4 Å². The highest BCUT2D eigenvalue weighted by Gasteiger charge is 2.62. The van der Waals surface area contributed by atoms with Crippen molar-refractivity contribution in [2.75, 3.05) is 18.4 Å². The van der Waals surface area contributed by atoms with E-state index in [0.29, 0.717) is 30.3 Å². The molecule has 2 aromatic heterocycles. The summed E-state index contributed by atoms with van der Waals surface area (Å²) in [4.78, 5) is 32.3. The van der Waals surface area contributed by atoms with Crippen LogP contribution in [0.4, 0.5) is 5.13 Å². The van der Waals surface area contributed by atoms with Gasteiger partial charge in [-0.25, -0.2) is 9.67 Å². The molecule has 3 aromatic rings. The molecule has 2 fully saturated rings. The zero-order chi connectivity index (χ0) is 22.0. The predicted molar refractivity (Wildman–Crippen MR) is 119 cm³/mol. The summed E-state index contributed by atoms with van der Waals surface area (Å²) >= 11 is 1.50. The Bertz CT molecular complexity index is 1190. The zero-order valence-electron chi connectivity index (χ0n) is 18.2. The van der Waals surface area contributed by atoms with Crippen LogP contribution in [0, 0.1) is 18.3 Å². The molecular formula is C22H26N6O2S.